The average molecular weight is 354 g/mol. The Kier molecular flexibility index (Phi) is 5.17. The van der Waals surface area contributed by atoms with Crippen LogP contribution in [0.2, 0.25) is 0 Å². The normalized spacial score (nSPS) is 10.4. The van der Waals surface area contributed by atoms with E-state index in [1.807, 2.05) is 0 Å². The maximum atomic E-state index is 13.8. The van der Waals surface area contributed by atoms with Gasteiger partial charge in [0.2, 0.25) is 0 Å². The predicted octanol–water partition coefficient (Wildman–Crippen LogP) is 3.74. The van der Waals surface area contributed by atoms with E-state index in [0.29, 0.717) is 11.6 Å². The van der Waals surface area contributed by atoms with Gasteiger partial charge in [0.1, 0.15) is 29.0 Å². The molecule has 0 unspecified atom stereocenters. The first-order valence-electron chi connectivity index (χ1n) is 7.91. The largest absolute Gasteiger partial charge is 0.347 e. The van der Waals surface area contributed by atoms with Crippen molar-refractivity contribution in [1.29, 1.82) is 0 Å². The summed E-state index contributed by atoms with van der Waals surface area (Å²) < 4.78 is 26.7. The minimum Gasteiger partial charge on any atom is -0.347 e. The molecule has 0 spiro atoms. The van der Waals surface area contributed by atoms with E-state index >= 15 is 0 Å². The summed E-state index contributed by atoms with van der Waals surface area (Å²) in [7, 11) is 0. The fourth-order valence-electron chi connectivity index (χ4n) is 2.32. The SMILES string of the molecule is Cc1nc(Nc2ccccc2F)cc(C(=O)NCc2ccc(F)cc2)n1. The zero-order chi connectivity index (χ0) is 18.5. The molecule has 1 amide bonds. The molecular weight excluding hydrogens is 338 g/mol. The van der Waals surface area contributed by atoms with Gasteiger partial charge in [-0.2, -0.15) is 0 Å². The second-order valence-electron chi connectivity index (χ2n) is 5.60. The van der Waals surface area contributed by atoms with Crippen LogP contribution in [-0.4, -0.2) is 15.9 Å². The molecule has 0 saturated carbocycles. The van der Waals surface area contributed by atoms with Crippen molar-refractivity contribution in [2.75, 3.05) is 5.32 Å². The smallest absolute Gasteiger partial charge is 0.270 e. The first-order chi connectivity index (χ1) is 12.5. The molecule has 0 saturated heterocycles. The Morgan fingerprint density at radius 3 is 2.50 bits per heavy atom. The maximum absolute atomic E-state index is 13.8. The third-order valence-electron chi connectivity index (χ3n) is 3.57. The Morgan fingerprint density at radius 1 is 1.04 bits per heavy atom. The van der Waals surface area contributed by atoms with E-state index in [9.17, 15) is 13.6 Å². The number of anilines is 2. The van der Waals surface area contributed by atoms with Gasteiger partial charge >= 0.3 is 0 Å². The third kappa shape index (κ3) is 4.38. The Morgan fingerprint density at radius 2 is 1.77 bits per heavy atom. The molecule has 3 aromatic rings. The highest BCUT2D eigenvalue weighted by molar-refractivity contribution is 5.93. The number of hydrogen-bond acceptors (Lipinski definition) is 4. The highest BCUT2D eigenvalue weighted by Gasteiger charge is 2.11. The molecule has 5 nitrogen and oxygen atoms in total. The van der Waals surface area contributed by atoms with Crippen LogP contribution >= 0.6 is 0 Å². The van der Waals surface area contributed by atoms with Gasteiger partial charge in [-0.3, -0.25) is 4.79 Å². The van der Waals surface area contributed by atoms with Crippen molar-refractivity contribution < 1.29 is 13.6 Å². The molecule has 0 aliphatic rings. The second-order valence-corrected chi connectivity index (χ2v) is 5.60. The van der Waals surface area contributed by atoms with Crippen LogP contribution in [0.15, 0.2) is 54.6 Å². The Labute approximate surface area is 149 Å². The first kappa shape index (κ1) is 17.5. The summed E-state index contributed by atoms with van der Waals surface area (Å²) >= 11 is 0. The molecule has 2 N–H and O–H groups in total. The average Bonchev–Trinajstić information content (AvgIpc) is 2.62. The summed E-state index contributed by atoms with van der Waals surface area (Å²) in [5.74, 6) is -0.481. The quantitative estimate of drug-likeness (QED) is 0.733. The van der Waals surface area contributed by atoms with Gasteiger partial charge in [0.25, 0.3) is 5.91 Å². The number of para-hydroxylation sites is 1. The minimum absolute atomic E-state index is 0.151. The summed E-state index contributed by atoms with van der Waals surface area (Å²) in [5.41, 5.74) is 1.16. The van der Waals surface area contributed by atoms with E-state index in [1.165, 1.54) is 24.3 Å². The summed E-state index contributed by atoms with van der Waals surface area (Å²) in [5, 5.41) is 5.55. The Bertz CT molecular complexity index is 929. The van der Waals surface area contributed by atoms with E-state index in [2.05, 4.69) is 20.6 Å². The zero-order valence-corrected chi connectivity index (χ0v) is 14.0. The molecule has 132 valence electrons. The van der Waals surface area contributed by atoms with Crippen LogP contribution in [0.4, 0.5) is 20.3 Å². The molecule has 0 atom stereocenters. The number of carbonyl (C=O) groups excluding carboxylic acids is 1. The van der Waals surface area contributed by atoms with Gasteiger partial charge in [-0.25, -0.2) is 18.7 Å². The number of rotatable bonds is 5. The van der Waals surface area contributed by atoms with Crippen LogP contribution in [0.5, 0.6) is 0 Å². The fraction of sp³-hybridized carbons (Fsp3) is 0.105. The van der Waals surface area contributed by atoms with Crippen LogP contribution in [0, 0.1) is 18.6 Å². The van der Waals surface area contributed by atoms with E-state index in [1.54, 1.807) is 37.3 Å². The molecule has 0 fully saturated rings. The standard InChI is InChI=1S/C19H16F2N4O/c1-12-23-17(19(26)22-11-13-6-8-14(20)9-7-13)10-18(24-12)25-16-5-3-2-4-15(16)21/h2-10H,11H2,1H3,(H,22,26)(H,23,24,25). The van der Waals surface area contributed by atoms with Gasteiger partial charge in [-0.15, -0.1) is 0 Å². The van der Waals surface area contributed by atoms with Crippen LogP contribution < -0.4 is 10.6 Å². The Balaban J connectivity index is 1.73. The summed E-state index contributed by atoms with van der Waals surface area (Å²) in [6.45, 7) is 1.88. The number of carbonyl (C=O) groups is 1. The van der Waals surface area contributed by atoms with Gasteiger partial charge in [0.05, 0.1) is 5.69 Å². The molecule has 0 bridgehead atoms. The van der Waals surface area contributed by atoms with E-state index in [-0.39, 0.29) is 23.7 Å². The van der Waals surface area contributed by atoms with E-state index < -0.39 is 11.7 Å². The molecule has 2 aromatic carbocycles. The summed E-state index contributed by atoms with van der Waals surface area (Å²) in [6, 6.07) is 13.4. The number of amides is 1. The predicted molar refractivity (Wildman–Crippen MR) is 94.0 cm³/mol. The number of nitrogens with one attached hydrogen (secondary N) is 2. The molecule has 0 aliphatic carbocycles. The van der Waals surface area contributed by atoms with Gasteiger partial charge in [-0.1, -0.05) is 24.3 Å². The molecular formula is C19H16F2N4O. The molecule has 26 heavy (non-hydrogen) atoms. The molecule has 1 heterocycles. The van der Waals surface area contributed by atoms with Crippen LogP contribution in [0.3, 0.4) is 0 Å². The lowest BCUT2D eigenvalue weighted by Gasteiger charge is -2.10. The summed E-state index contributed by atoms with van der Waals surface area (Å²) in [6.07, 6.45) is 0. The van der Waals surface area contributed by atoms with E-state index in [0.717, 1.165) is 5.56 Å². The number of benzene rings is 2. The van der Waals surface area contributed by atoms with Crippen LogP contribution in [0.1, 0.15) is 21.9 Å². The van der Waals surface area contributed by atoms with Gasteiger partial charge < -0.3 is 10.6 Å². The van der Waals surface area contributed by atoms with Gasteiger partial charge in [0.15, 0.2) is 0 Å². The van der Waals surface area contributed by atoms with Crippen molar-refractivity contribution >= 4 is 17.4 Å². The van der Waals surface area contributed by atoms with Crippen LogP contribution in [-0.2, 0) is 6.54 Å². The topological polar surface area (TPSA) is 66.9 Å². The molecule has 0 radical (unpaired) electrons. The van der Waals surface area contributed by atoms with E-state index in [4.69, 9.17) is 0 Å². The highest BCUT2D eigenvalue weighted by atomic mass is 19.1. The summed E-state index contributed by atoms with van der Waals surface area (Å²) in [4.78, 5) is 20.6. The third-order valence-corrected chi connectivity index (χ3v) is 3.57. The minimum atomic E-state index is -0.425. The number of hydrogen-bond donors (Lipinski definition) is 2. The number of halogens is 2. The number of aromatic nitrogens is 2. The van der Waals surface area contributed by atoms with Crippen molar-refractivity contribution in [3.8, 4) is 0 Å². The first-order valence-corrected chi connectivity index (χ1v) is 7.91. The highest BCUT2D eigenvalue weighted by Crippen LogP contribution is 2.18. The van der Waals surface area contributed by atoms with Crippen molar-refractivity contribution in [3.05, 3.63) is 83.3 Å². The monoisotopic (exact) mass is 354 g/mol. The van der Waals surface area contributed by atoms with Gasteiger partial charge in [0, 0.05) is 12.6 Å². The molecule has 3 rings (SSSR count). The van der Waals surface area contributed by atoms with Crippen molar-refractivity contribution in [2.24, 2.45) is 0 Å². The van der Waals surface area contributed by atoms with Crippen molar-refractivity contribution in [3.63, 3.8) is 0 Å². The fourth-order valence-corrected chi connectivity index (χ4v) is 2.32. The van der Waals surface area contributed by atoms with Crippen molar-refractivity contribution in [1.82, 2.24) is 15.3 Å². The van der Waals surface area contributed by atoms with Crippen LogP contribution in [0.25, 0.3) is 0 Å². The number of nitrogens with zero attached hydrogens (tertiary/aromatic N) is 2. The molecule has 7 heteroatoms. The van der Waals surface area contributed by atoms with Gasteiger partial charge in [-0.05, 0) is 36.8 Å². The zero-order valence-electron chi connectivity index (χ0n) is 14.0. The molecule has 0 aliphatic heterocycles. The molecule has 1 aromatic heterocycles. The second kappa shape index (κ2) is 7.69. The number of aryl methyl sites for hydroxylation is 1. The maximum Gasteiger partial charge on any atom is 0.270 e. The lowest BCUT2D eigenvalue weighted by molar-refractivity contribution is 0.0945. The lowest BCUT2D eigenvalue weighted by Crippen LogP contribution is -2.24. The Hall–Kier alpha value is -3.35. The van der Waals surface area contributed by atoms with Crippen molar-refractivity contribution in [2.45, 2.75) is 13.5 Å². The lowest BCUT2D eigenvalue weighted by atomic mass is 10.2.